The summed E-state index contributed by atoms with van der Waals surface area (Å²) in [5.74, 6) is 0. The average molecular weight is 393 g/mol. The van der Waals surface area contributed by atoms with Crippen LogP contribution in [0.2, 0.25) is 0 Å². The first-order valence-electron chi connectivity index (χ1n) is 8.49. The van der Waals surface area contributed by atoms with Gasteiger partial charge in [-0.3, -0.25) is 10.1 Å². The zero-order chi connectivity index (χ0) is 19.5. The van der Waals surface area contributed by atoms with Crippen LogP contribution in [0.4, 0.5) is 22.1 Å². The molecule has 28 heavy (non-hydrogen) atoms. The lowest BCUT2D eigenvalue weighted by atomic mass is 10.1. The van der Waals surface area contributed by atoms with Gasteiger partial charge in [-0.2, -0.15) is 4.37 Å². The second kappa shape index (κ2) is 7.67. The molecule has 1 heterocycles. The lowest BCUT2D eigenvalue weighted by molar-refractivity contribution is -0.384. The van der Waals surface area contributed by atoms with Gasteiger partial charge in [0.15, 0.2) is 5.00 Å². The minimum atomic E-state index is -0.441. The van der Waals surface area contributed by atoms with Gasteiger partial charge < -0.3 is 10.4 Å². The molecule has 0 amide bonds. The van der Waals surface area contributed by atoms with Crippen molar-refractivity contribution in [2.45, 2.75) is 0 Å². The van der Waals surface area contributed by atoms with E-state index in [2.05, 4.69) is 19.9 Å². The van der Waals surface area contributed by atoms with Crippen LogP contribution in [0, 0.1) is 10.1 Å². The van der Waals surface area contributed by atoms with Crippen molar-refractivity contribution < 1.29 is 10.0 Å². The molecule has 140 valence electrons. The normalized spacial score (nSPS) is 11.5. The molecule has 0 radical (unpaired) electrons. The number of non-ortho nitro benzene ring substituents is 1. The fourth-order valence-corrected chi connectivity index (χ4v) is 3.60. The van der Waals surface area contributed by atoms with E-state index >= 15 is 0 Å². The van der Waals surface area contributed by atoms with Crippen LogP contribution in [0.1, 0.15) is 0 Å². The number of nitrogens with one attached hydrogen (secondary N) is 1. The van der Waals surface area contributed by atoms with Gasteiger partial charge in [0.25, 0.3) is 5.69 Å². The SMILES string of the molecule is O=[N+]([O-])c1ccc2nsc(N=Nc3ccc(NCCO)c4ccccc34)c2c1. The molecule has 9 heteroatoms. The highest BCUT2D eigenvalue weighted by Crippen LogP contribution is 2.36. The molecule has 0 fully saturated rings. The van der Waals surface area contributed by atoms with Crippen LogP contribution in [0.25, 0.3) is 21.7 Å². The number of aromatic nitrogens is 1. The first-order valence-corrected chi connectivity index (χ1v) is 9.27. The molecule has 8 nitrogen and oxygen atoms in total. The number of azo groups is 1. The lowest BCUT2D eigenvalue weighted by Gasteiger charge is -2.09. The largest absolute Gasteiger partial charge is 0.395 e. The number of nitrogens with zero attached hydrogens (tertiary/aromatic N) is 4. The van der Waals surface area contributed by atoms with Crippen molar-refractivity contribution in [3.05, 3.63) is 64.7 Å². The maximum absolute atomic E-state index is 11.0. The zero-order valence-corrected chi connectivity index (χ0v) is 15.4. The van der Waals surface area contributed by atoms with Crippen LogP contribution in [-0.4, -0.2) is 27.6 Å². The molecule has 0 spiro atoms. The van der Waals surface area contributed by atoms with Crippen molar-refractivity contribution >= 4 is 55.3 Å². The van der Waals surface area contributed by atoms with Crippen LogP contribution < -0.4 is 5.32 Å². The molecule has 0 saturated carbocycles. The summed E-state index contributed by atoms with van der Waals surface area (Å²) >= 11 is 1.15. The maximum atomic E-state index is 11.0. The number of rotatable bonds is 6. The number of benzene rings is 3. The molecule has 4 rings (SSSR count). The summed E-state index contributed by atoms with van der Waals surface area (Å²) in [5.41, 5.74) is 2.23. The predicted octanol–water partition coefficient (Wildman–Crippen LogP) is 5.18. The average Bonchev–Trinajstić information content (AvgIpc) is 3.13. The minimum absolute atomic E-state index is 0.00564. The predicted molar refractivity (Wildman–Crippen MR) is 110 cm³/mol. The third kappa shape index (κ3) is 3.40. The Labute approximate surface area is 163 Å². The molecule has 0 aliphatic rings. The van der Waals surface area contributed by atoms with Gasteiger partial charge in [0.1, 0.15) is 0 Å². The molecular weight excluding hydrogens is 378 g/mol. The Balaban J connectivity index is 1.74. The second-order valence-corrected chi connectivity index (χ2v) is 6.73. The molecule has 4 aromatic rings. The van der Waals surface area contributed by atoms with Crippen LogP contribution >= 0.6 is 11.5 Å². The summed E-state index contributed by atoms with van der Waals surface area (Å²) in [5, 5.41) is 34.9. The fraction of sp³-hybridized carbons (Fsp3) is 0.105. The number of nitro groups is 1. The first kappa shape index (κ1) is 18.0. The topological polar surface area (TPSA) is 113 Å². The van der Waals surface area contributed by atoms with Gasteiger partial charge in [0.2, 0.25) is 0 Å². The summed E-state index contributed by atoms with van der Waals surface area (Å²) in [6.07, 6.45) is 0. The third-order valence-corrected chi connectivity index (χ3v) is 4.99. The fourth-order valence-electron chi connectivity index (χ4n) is 2.92. The van der Waals surface area contributed by atoms with E-state index in [-0.39, 0.29) is 12.3 Å². The molecule has 0 saturated heterocycles. The van der Waals surface area contributed by atoms with E-state index in [9.17, 15) is 10.1 Å². The van der Waals surface area contributed by atoms with E-state index in [0.717, 1.165) is 28.0 Å². The van der Waals surface area contributed by atoms with E-state index in [0.29, 0.717) is 28.1 Å². The van der Waals surface area contributed by atoms with Crippen molar-refractivity contribution in [3.63, 3.8) is 0 Å². The summed E-state index contributed by atoms with van der Waals surface area (Å²) in [6.45, 7) is 0.497. The van der Waals surface area contributed by atoms with Crippen LogP contribution in [0.3, 0.4) is 0 Å². The van der Waals surface area contributed by atoms with Gasteiger partial charge in [-0.25, -0.2) is 0 Å². The van der Waals surface area contributed by atoms with Gasteiger partial charge >= 0.3 is 0 Å². The van der Waals surface area contributed by atoms with E-state index in [1.165, 1.54) is 12.1 Å². The Morgan fingerprint density at radius 1 is 1.07 bits per heavy atom. The van der Waals surface area contributed by atoms with Crippen molar-refractivity contribution in [2.24, 2.45) is 10.2 Å². The Morgan fingerprint density at radius 3 is 2.68 bits per heavy atom. The number of aliphatic hydroxyl groups excluding tert-OH is 1. The Bertz CT molecular complexity index is 1200. The van der Waals surface area contributed by atoms with E-state index in [4.69, 9.17) is 5.11 Å². The van der Waals surface area contributed by atoms with Crippen LogP contribution in [-0.2, 0) is 0 Å². The lowest BCUT2D eigenvalue weighted by Crippen LogP contribution is -2.05. The third-order valence-electron chi connectivity index (χ3n) is 4.23. The van der Waals surface area contributed by atoms with Crippen molar-refractivity contribution in [1.82, 2.24) is 4.37 Å². The molecule has 0 bridgehead atoms. The Kier molecular flexibility index (Phi) is 4.92. The quantitative estimate of drug-likeness (QED) is 0.266. The van der Waals surface area contributed by atoms with Gasteiger partial charge in [-0.15, -0.1) is 10.2 Å². The van der Waals surface area contributed by atoms with Gasteiger partial charge in [-0.05, 0) is 29.7 Å². The standard InChI is InChI=1S/C19H15N5O3S/c25-10-9-20-16-7-8-17(14-4-2-1-3-13(14)16)21-22-19-15-11-12(24(26)27)5-6-18(15)23-28-19/h1-8,11,20,25H,9-10H2. The summed E-state index contributed by atoms with van der Waals surface area (Å²) in [4.78, 5) is 10.6. The first-order chi connectivity index (χ1) is 13.7. The number of anilines is 1. The van der Waals surface area contributed by atoms with E-state index in [1.807, 2.05) is 36.4 Å². The number of aliphatic hydroxyl groups is 1. The van der Waals surface area contributed by atoms with E-state index in [1.54, 1.807) is 6.07 Å². The Hall–Kier alpha value is -3.43. The molecular formula is C19H15N5O3S. The maximum Gasteiger partial charge on any atom is 0.270 e. The molecule has 1 aromatic heterocycles. The minimum Gasteiger partial charge on any atom is -0.395 e. The highest BCUT2D eigenvalue weighted by molar-refractivity contribution is 7.11. The highest BCUT2D eigenvalue weighted by Gasteiger charge is 2.12. The van der Waals surface area contributed by atoms with Crippen LogP contribution in [0.15, 0.2) is 64.8 Å². The molecule has 2 N–H and O–H groups in total. The number of nitro benzene ring substituents is 1. The molecule has 0 aliphatic heterocycles. The number of hydrogen-bond donors (Lipinski definition) is 2. The van der Waals surface area contributed by atoms with E-state index < -0.39 is 4.92 Å². The highest BCUT2D eigenvalue weighted by atomic mass is 32.1. The molecule has 0 aliphatic carbocycles. The van der Waals surface area contributed by atoms with Crippen molar-refractivity contribution in [3.8, 4) is 0 Å². The smallest absolute Gasteiger partial charge is 0.270 e. The van der Waals surface area contributed by atoms with Gasteiger partial charge in [0, 0.05) is 40.5 Å². The van der Waals surface area contributed by atoms with Crippen molar-refractivity contribution in [2.75, 3.05) is 18.5 Å². The second-order valence-electron chi connectivity index (χ2n) is 5.97. The molecule has 3 aromatic carbocycles. The molecule has 0 atom stereocenters. The zero-order valence-electron chi connectivity index (χ0n) is 14.6. The van der Waals surface area contributed by atoms with Gasteiger partial charge in [-0.1, -0.05) is 24.3 Å². The Morgan fingerprint density at radius 2 is 1.89 bits per heavy atom. The van der Waals surface area contributed by atoms with Gasteiger partial charge in [0.05, 0.1) is 22.7 Å². The summed E-state index contributed by atoms with van der Waals surface area (Å²) in [6, 6.07) is 16.0. The summed E-state index contributed by atoms with van der Waals surface area (Å²) < 4.78 is 4.27. The number of hydrogen-bond acceptors (Lipinski definition) is 8. The number of fused-ring (bicyclic) bond motifs is 2. The van der Waals surface area contributed by atoms with Crippen molar-refractivity contribution in [1.29, 1.82) is 0 Å². The monoisotopic (exact) mass is 393 g/mol. The molecule has 0 unspecified atom stereocenters. The van der Waals surface area contributed by atoms with Crippen LogP contribution in [0.5, 0.6) is 0 Å². The summed E-state index contributed by atoms with van der Waals surface area (Å²) in [7, 11) is 0.